The molecule has 0 aromatic heterocycles. The summed E-state index contributed by atoms with van der Waals surface area (Å²) in [5.41, 5.74) is -0.785. The van der Waals surface area contributed by atoms with Gasteiger partial charge in [-0.3, -0.25) is 9.62 Å². The van der Waals surface area contributed by atoms with Crippen molar-refractivity contribution < 1.29 is 18.6 Å². The molecule has 1 aliphatic heterocycles. The van der Waals surface area contributed by atoms with Crippen molar-refractivity contribution in [2.75, 3.05) is 32.8 Å². The van der Waals surface area contributed by atoms with E-state index in [9.17, 15) is 18.6 Å². The molecule has 0 aromatic carbocycles. The van der Waals surface area contributed by atoms with Gasteiger partial charge in [-0.25, -0.2) is 13.4 Å². The van der Waals surface area contributed by atoms with Gasteiger partial charge in [-0.1, -0.05) is 0 Å². The number of aliphatic imine (C=N–C) groups is 1. The minimum Gasteiger partial charge on any atom is -0.394 e. The molecule has 8 nitrogen and oxygen atoms in total. The largest absolute Gasteiger partial charge is 0.394 e. The van der Waals surface area contributed by atoms with Crippen LogP contribution in [0.25, 0.3) is 0 Å². The Morgan fingerprint density at radius 1 is 1.53 bits per heavy atom. The molecule has 1 aliphatic rings. The van der Waals surface area contributed by atoms with Crippen molar-refractivity contribution in [3.05, 3.63) is 0 Å². The fourth-order valence-corrected chi connectivity index (χ4v) is 1.78. The van der Waals surface area contributed by atoms with Crippen molar-refractivity contribution in [3.8, 4) is 0 Å². The smallest absolute Gasteiger partial charge is 0.232 e. The molecule has 9 heteroatoms. The molecule has 100 valence electrons. The van der Waals surface area contributed by atoms with Gasteiger partial charge in [-0.2, -0.15) is 0 Å². The third-order valence-electron chi connectivity index (χ3n) is 2.56. The first-order valence-corrected chi connectivity index (χ1v) is 6.93. The molecule has 0 saturated carbocycles. The van der Waals surface area contributed by atoms with Crippen LogP contribution in [-0.4, -0.2) is 67.8 Å². The Hall–Kier alpha value is -0.900. The predicted octanol–water partition coefficient (Wildman–Crippen LogP) is -2.54. The van der Waals surface area contributed by atoms with Crippen molar-refractivity contribution in [1.29, 1.82) is 0 Å². The molecule has 0 unspecified atom stereocenters. The van der Waals surface area contributed by atoms with Gasteiger partial charge < -0.3 is 15.5 Å². The monoisotopic (exact) mass is 266 g/mol. The summed E-state index contributed by atoms with van der Waals surface area (Å²) in [7, 11) is -3.35. The second kappa shape index (κ2) is 5.17. The van der Waals surface area contributed by atoms with Gasteiger partial charge in [0.2, 0.25) is 16.0 Å². The molecule has 0 fully saturated rings. The molecule has 4 N–H and O–H groups in total. The fraction of sp³-hybridized carbons (Fsp3) is 0.875. The number of nitrogens with zero attached hydrogens (tertiary/aromatic N) is 2. The normalized spacial score (nSPS) is 18.5. The molecule has 0 saturated heterocycles. The van der Waals surface area contributed by atoms with E-state index in [1.807, 2.05) is 0 Å². The van der Waals surface area contributed by atoms with Crippen LogP contribution < -0.4 is 10.0 Å². The number of aliphatic hydroxyl groups excluding tert-OH is 2. The van der Waals surface area contributed by atoms with Crippen LogP contribution in [0, 0.1) is 0 Å². The van der Waals surface area contributed by atoms with Crippen LogP contribution in [-0.2, 0) is 10.0 Å². The highest BCUT2D eigenvalue weighted by Crippen LogP contribution is 2.14. The van der Waals surface area contributed by atoms with E-state index in [2.05, 4.69) is 15.0 Å². The summed E-state index contributed by atoms with van der Waals surface area (Å²) in [6.07, 6.45) is 1.04. The van der Waals surface area contributed by atoms with Crippen LogP contribution in [0.5, 0.6) is 0 Å². The van der Waals surface area contributed by atoms with E-state index in [0.29, 0.717) is 6.67 Å². The Bertz CT molecular complexity index is 390. The number of sulfonamides is 1. The molecule has 1 heterocycles. The van der Waals surface area contributed by atoms with Gasteiger partial charge in [0.25, 0.3) is 0 Å². The lowest BCUT2D eigenvalue weighted by molar-refractivity contribution is -0.00376. The Kier molecular flexibility index (Phi) is 4.31. The highest BCUT2D eigenvalue weighted by atomic mass is 32.2. The first kappa shape index (κ1) is 14.2. The molecular formula is C8H18N4O4S. The molecule has 1 rings (SSSR count). The van der Waals surface area contributed by atoms with E-state index < -0.39 is 15.6 Å². The van der Waals surface area contributed by atoms with E-state index in [1.165, 1.54) is 0 Å². The second-order valence-corrected chi connectivity index (χ2v) is 5.96. The van der Waals surface area contributed by atoms with Crippen LogP contribution in [0.3, 0.4) is 0 Å². The van der Waals surface area contributed by atoms with Gasteiger partial charge in [0.05, 0.1) is 38.3 Å². The fourth-order valence-electron chi connectivity index (χ4n) is 1.29. The third kappa shape index (κ3) is 3.80. The standard InChI is InChI=1S/C8H18N4O4S/c1-8(3-13,4-14)12-5-9-7(10-6-12)11-17(2,15)16/h13-14H,3-6H2,1-2H3,(H2,9,10,11). The maximum atomic E-state index is 11.0. The molecule has 0 bridgehead atoms. The summed E-state index contributed by atoms with van der Waals surface area (Å²) in [5, 5.41) is 21.2. The molecule has 0 spiro atoms. The number of aliphatic hydroxyl groups is 2. The van der Waals surface area contributed by atoms with E-state index in [4.69, 9.17) is 0 Å². The summed E-state index contributed by atoms with van der Waals surface area (Å²) in [6.45, 7) is 1.76. The van der Waals surface area contributed by atoms with Crippen LogP contribution in [0.2, 0.25) is 0 Å². The number of guanidine groups is 1. The van der Waals surface area contributed by atoms with Crippen LogP contribution in [0.1, 0.15) is 6.92 Å². The Balaban J connectivity index is 2.66. The maximum absolute atomic E-state index is 11.0. The molecule has 0 amide bonds. The quantitative estimate of drug-likeness (QED) is 0.445. The average Bonchev–Trinajstić information content (AvgIpc) is 2.27. The zero-order valence-electron chi connectivity index (χ0n) is 9.84. The molecule has 0 radical (unpaired) electrons. The summed E-state index contributed by atoms with van der Waals surface area (Å²) >= 11 is 0. The molecule has 0 aromatic rings. The summed E-state index contributed by atoms with van der Waals surface area (Å²) < 4.78 is 24.2. The Morgan fingerprint density at radius 2 is 2.12 bits per heavy atom. The molecule has 0 atom stereocenters. The Morgan fingerprint density at radius 3 is 2.47 bits per heavy atom. The van der Waals surface area contributed by atoms with Crippen molar-refractivity contribution in [1.82, 2.24) is 14.9 Å². The number of hydrogen-bond acceptors (Lipinski definition) is 7. The highest BCUT2D eigenvalue weighted by molar-refractivity contribution is 7.89. The lowest BCUT2D eigenvalue weighted by Gasteiger charge is -2.39. The summed E-state index contributed by atoms with van der Waals surface area (Å²) in [5.74, 6) is 0.168. The van der Waals surface area contributed by atoms with Crippen LogP contribution >= 0.6 is 0 Å². The van der Waals surface area contributed by atoms with Crippen molar-refractivity contribution in [3.63, 3.8) is 0 Å². The van der Waals surface area contributed by atoms with E-state index in [1.54, 1.807) is 11.8 Å². The topological polar surface area (TPSA) is 114 Å². The van der Waals surface area contributed by atoms with E-state index >= 15 is 0 Å². The number of hydrogen-bond donors (Lipinski definition) is 4. The van der Waals surface area contributed by atoms with Gasteiger partial charge in [-0.15, -0.1) is 0 Å². The van der Waals surface area contributed by atoms with Gasteiger partial charge in [-0.05, 0) is 6.92 Å². The summed E-state index contributed by atoms with van der Waals surface area (Å²) in [4.78, 5) is 5.69. The SMILES string of the molecule is CC(CO)(CO)N1CN=C(NS(C)(=O)=O)NC1. The van der Waals surface area contributed by atoms with Gasteiger partial charge >= 0.3 is 0 Å². The second-order valence-electron chi connectivity index (χ2n) is 4.21. The zero-order chi connectivity index (χ0) is 13.1. The Labute approximate surface area is 100 Å². The third-order valence-corrected chi connectivity index (χ3v) is 3.13. The number of nitrogens with one attached hydrogen (secondary N) is 2. The first-order chi connectivity index (χ1) is 7.80. The molecule has 17 heavy (non-hydrogen) atoms. The van der Waals surface area contributed by atoms with Crippen molar-refractivity contribution >= 4 is 16.0 Å². The minimum absolute atomic E-state index is 0.168. The van der Waals surface area contributed by atoms with Crippen molar-refractivity contribution in [2.24, 2.45) is 4.99 Å². The number of rotatable bonds is 4. The highest BCUT2D eigenvalue weighted by Gasteiger charge is 2.32. The van der Waals surface area contributed by atoms with Crippen LogP contribution in [0.4, 0.5) is 0 Å². The van der Waals surface area contributed by atoms with Gasteiger partial charge in [0.1, 0.15) is 0 Å². The van der Waals surface area contributed by atoms with Crippen LogP contribution in [0.15, 0.2) is 4.99 Å². The first-order valence-electron chi connectivity index (χ1n) is 5.03. The van der Waals surface area contributed by atoms with E-state index in [-0.39, 0.29) is 25.8 Å². The predicted molar refractivity (Wildman–Crippen MR) is 62.7 cm³/mol. The summed E-state index contributed by atoms with van der Waals surface area (Å²) in [6, 6.07) is 0. The lowest BCUT2D eigenvalue weighted by Crippen LogP contribution is -2.59. The van der Waals surface area contributed by atoms with Crippen molar-refractivity contribution in [2.45, 2.75) is 12.5 Å². The van der Waals surface area contributed by atoms with Gasteiger partial charge in [0.15, 0.2) is 0 Å². The van der Waals surface area contributed by atoms with Gasteiger partial charge in [0, 0.05) is 0 Å². The average molecular weight is 266 g/mol. The zero-order valence-corrected chi connectivity index (χ0v) is 10.7. The maximum Gasteiger partial charge on any atom is 0.232 e. The minimum atomic E-state index is -3.35. The molecule has 0 aliphatic carbocycles. The molecular weight excluding hydrogens is 248 g/mol. The lowest BCUT2D eigenvalue weighted by atomic mass is 10.0. The van der Waals surface area contributed by atoms with E-state index in [0.717, 1.165) is 6.26 Å².